The highest BCUT2D eigenvalue weighted by molar-refractivity contribution is 5.97. The lowest BCUT2D eigenvalue weighted by atomic mass is 10.1. The highest BCUT2D eigenvalue weighted by Gasteiger charge is 2.19. The number of aryl methyl sites for hydroxylation is 2. The van der Waals surface area contributed by atoms with Gasteiger partial charge in [-0.2, -0.15) is 10.4 Å². The van der Waals surface area contributed by atoms with E-state index < -0.39 is 5.56 Å². The van der Waals surface area contributed by atoms with Crippen molar-refractivity contribution in [2.24, 2.45) is 0 Å². The molecular formula is C18H22N4O3. The zero-order valence-corrected chi connectivity index (χ0v) is 15.2. The number of nitrogens with zero attached hydrogens (tertiary/aromatic N) is 4. The number of carbonyl (C=O) groups excluding carboxylic acids is 1. The molecule has 0 fully saturated rings. The summed E-state index contributed by atoms with van der Waals surface area (Å²) in [4.78, 5) is 25.0. The van der Waals surface area contributed by atoms with Crippen LogP contribution in [0, 0.1) is 39.0 Å². The van der Waals surface area contributed by atoms with Crippen molar-refractivity contribution >= 4 is 5.78 Å². The van der Waals surface area contributed by atoms with Gasteiger partial charge in [-0.3, -0.25) is 9.59 Å². The number of hydrogen-bond acceptors (Lipinski definition) is 5. The van der Waals surface area contributed by atoms with Gasteiger partial charge in [-0.05, 0) is 39.3 Å². The lowest BCUT2D eigenvalue weighted by molar-refractivity contribution is 0.0964. The number of ether oxygens (including phenoxy) is 1. The molecule has 0 aliphatic carbocycles. The highest BCUT2D eigenvalue weighted by Crippen LogP contribution is 2.16. The van der Waals surface area contributed by atoms with E-state index in [1.165, 1.54) is 0 Å². The fourth-order valence-electron chi connectivity index (χ4n) is 2.84. The van der Waals surface area contributed by atoms with Gasteiger partial charge in [0.1, 0.15) is 18.2 Å². The summed E-state index contributed by atoms with van der Waals surface area (Å²) >= 11 is 0. The summed E-state index contributed by atoms with van der Waals surface area (Å²) in [5, 5.41) is 13.3. The Labute approximate surface area is 146 Å². The molecule has 0 amide bonds. The van der Waals surface area contributed by atoms with Crippen LogP contribution in [0.4, 0.5) is 0 Å². The van der Waals surface area contributed by atoms with Crippen molar-refractivity contribution in [1.29, 1.82) is 5.26 Å². The number of carbonyl (C=O) groups is 1. The third-order valence-corrected chi connectivity index (χ3v) is 4.43. The smallest absolute Gasteiger partial charge is 0.285 e. The van der Waals surface area contributed by atoms with Gasteiger partial charge in [0.15, 0.2) is 5.78 Å². The molecule has 2 rings (SSSR count). The molecule has 25 heavy (non-hydrogen) atoms. The fourth-order valence-corrected chi connectivity index (χ4v) is 2.84. The van der Waals surface area contributed by atoms with Crippen LogP contribution in [0.5, 0.6) is 0 Å². The maximum Gasteiger partial charge on any atom is 0.285 e. The van der Waals surface area contributed by atoms with Crippen LogP contribution >= 0.6 is 0 Å². The number of Topliss-reactive ketones (excluding diaryl/α,β-unsaturated/α-hetero) is 1. The zero-order valence-electron chi connectivity index (χ0n) is 15.2. The van der Waals surface area contributed by atoms with Crippen LogP contribution in [-0.2, 0) is 17.8 Å². The van der Waals surface area contributed by atoms with Gasteiger partial charge in [0.25, 0.3) is 5.56 Å². The van der Waals surface area contributed by atoms with E-state index in [1.807, 2.05) is 30.6 Å². The number of methoxy groups -OCH3 is 1. The Hall–Kier alpha value is -2.72. The zero-order chi connectivity index (χ0) is 18.7. The fraction of sp³-hybridized carbons (Fsp3) is 0.444. The third kappa shape index (κ3) is 3.54. The number of ketones is 1. The average Bonchev–Trinajstić information content (AvgIpc) is 2.85. The Balaban J connectivity index is 2.38. The van der Waals surface area contributed by atoms with Gasteiger partial charge in [0, 0.05) is 30.6 Å². The standard InChI is InChI=1S/C18H22N4O3/c1-11-8-15(14(4)21(11)6-7-25-5)17(23)10-22-18(24)16(9-19)12(2)13(3)20-22/h8H,6-7,10H2,1-5H3. The summed E-state index contributed by atoms with van der Waals surface area (Å²) < 4.78 is 8.18. The number of hydrogen-bond donors (Lipinski definition) is 0. The van der Waals surface area contributed by atoms with Crippen molar-refractivity contribution in [3.63, 3.8) is 0 Å². The van der Waals surface area contributed by atoms with Crippen molar-refractivity contribution in [2.45, 2.75) is 40.8 Å². The van der Waals surface area contributed by atoms with Gasteiger partial charge in [0.2, 0.25) is 0 Å². The van der Waals surface area contributed by atoms with E-state index >= 15 is 0 Å². The molecule has 0 aliphatic heterocycles. The van der Waals surface area contributed by atoms with Crippen LogP contribution in [0.25, 0.3) is 0 Å². The summed E-state index contributed by atoms with van der Waals surface area (Å²) in [5.74, 6) is -0.210. The van der Waals surface area contributed by atoms with E-state index in [2.05, 4.69) is 5.10 Å². The molecule has 0 aliphatic rings. The molecule has 0 aromatic carbocycles. The first-order chi connectivity index (χ1) is 11.8. The van der Waals surface area contributed by atoms with Gasteiger partial charge in [0.05, 0.1) is 12.3 Å². The van der Waals surface area contributed by atoms with E-state index in [0.29, 0.717) is 30.0 Å². The maximum atomic E-state index is 12.7. The number of rotatable bonds is 6. The van der Waals surface area contributed by atoms with Crippen LogP contribution in [0.15, 0.2) is 10.9 Å². The van der Waals surface area contributed by atoms with E-state index in [1.54, 1.807) is 21.0 Å². The predicted molar refractivity (Wildman–Crippen MR) is 92.8 cm³/mol. The Bertz CT molecular complexity index is 916. The average molecular weight is 342 g/mol. The van der Waals surface area contributed by atoms with E-state index in [0.717, 1.165) is 16.1 Å². The third-order valence-electron chi connectivity index (χ3n) is 4.43. The summed E-state index contributed by atoms with van der Waals surface area (Å²) in [6.07, 6.45) is 0. The molecule has 132 valence electrons. The molecule has 0 atom stereocenters. The molecule has 0 bridgehead atoms. The summed E-state index contributed by atoms with van der Waals surface area (Å²) in [7, 11) is 1.63. The van der Waals surface area contributed by atoms with Crippen LogP contribution in [0.1, 0.15) is 38.6 Å². The molecule has 7 heteroatoms. The van der Waals surface area contributed by atoms with E-state index in [4.69, 9.17) is 4.74 Å². The summed E-state index contributed by atoms with van der Waals surface area (Å²) in [6.45, 7) is 8.20. The second kappa shape index (κ2) is 7.45. The van der Waals surface area contributed by atoms with Crippen molar-refractivity contribution in [2.75, 3.05) is 13.7 Å². The Morgan fingerprint density at radius 2 is 2.00 bits per heavy atom. The van der Waals surface area contributed by atoms with Gasteiger partial charge in [-0.15, -0.1) is 0 Å². The Morgan fingerprint density at radius 3 is 2.60 bits per heavy atom. The molecule has 0 radical (unpaired) electrons. The van der Waals surface area contributed by atoms with Crippen molar-refractivity contribution in [3.05, 3.63) is 50.2 Å². The van der Waals surface area contributed by atoms with Gasteiger partial charge < -0.3 is 9.30 Å². The van der Waals surface area contributed by atoms with E-state index in [9.17, 15) is 14.9 Å². The monoisotopic (exact) mass is 342 g/mol. The minimum Gasteiger partial charge on any atom is -0.383 e. The molecule has 2 aromatic rings. The molecule has 2 aromatic heterocycles. The molecule has 0 spiro atoms. The molecule has 0 N–H and O–H groups in total. The molecule has 7 nitrogen and oxygen atoms in total. The van der Waals surface area contributed by atoms with Gasteiger partial charge in [-0.1, -0.05) is 0 Å². The predicted octanol–water partition coefficient (Wildman–Crippen LogP) is 1.68. The van der Waals surface area contributed by atoms with Gasteiger partial charge >= 0.3 is 0 Å². The normalized spacial score (nSPS) is 10.7. The first kappa shape index (κ1) is 18.6. The Kier molecular flexibility index (Phi) is 5.55. The van der Waals surface area contributed by atoms with Crippen molar-refractivity contribution in [3.8, 4) is 6.07 Å². The SMILES string of the molecule is COCCn1c(C)cc(C(=O)Cn2nc(C)c(C)c(C#N)c2=O)c1C. The molecule has 0 saturated carbocycles. The first-order valence-corrected chi connectivity index (χ1v) is 7.99. The maximum absolute atomic E-state index is 12.7. The van der Waals surface area contributed by atoms with Gasteiger partial charge in [-0.25, -0.2) is 4.68 Å². The summed E-state index contributed by atoms with van der Waals surface area (Å²) in [5.41, 5.74) is 2.95. The van der Waals surface area contributed by atoms with E-state index in [-0.39, 0.29) is 17.9 Å². The molecule has 2 heterocycles. The quantitative estimate of drug-likeness (QED) is 0.745. The lowest BCUT2D eigenvalue weighted by Gasteiger charge is -2.10. The van der Waals surface area contributed by atoms with Crippen LogP contribution in [0.2, 0.25) is 0 Å². The molecular weight excluding hydrogens is 320 g/mol. The minimum atomic E-state index is -0.535. The number of aromatic nitrogens is 3. The number of nitriles is 1. The molecule has 0 saturated heterocycles. The largest absolute Gasteiger partial charge is 0.383 e. The topological polar surface area (TPSA) is 89.9 Å². The van der Waals surface area contributed by atoms with Crippen LogP contribution < -0.4 is 5.56 Å². The second-order valence-corrected chi connectivity index (χ2v) is 6.01. The van der Waals surface area contributed by atoms with Crippen molar-refractivity contribution in [1.82, 2.24) is 14.3 Å². The second-order valence-electron chi connectivity index (χ2n) is 6.01. The van der Waals surface area contributed by atoms with Crippen LogP contribution in [0.3, 0.4) is 0 Å². The first-order valence-electron chi connectivity index (χ1n) is 7.99. The lowest BCUT2D eigenvalue weighted by Crippen LogP contribution is -2.30. The summed E-state index contributed by atoms with van der Waals surface area (Å²) in [6, 6.07) is 3.71. The Morgan fingerprint density at radius 1 is 1.32 bits per heavy atom. The molecule has 0 unspecified atom stereocenters. The highest BCUT2D eigenvalue weighted by atomic mass is 16.5. The minimum absolute atomic E-state index is 0.0332. The van der Waals surface area contributed by atoms with Crippen LogP contribution in [-0.4, -0.2) is 33.8 Å². The van der Waals surface area contributed by atoms with Crippen molar-refractivity contribution < 1.29 is 9.53 Å².